The average molecular weight is 441 g/mol. The minimum absolute atomic E-state index is 0.0655. The van der Waals surface area contributed by atoms with Crippen molar-refractivity contribution in [3.05, 3.63) is 46.5 Å². The lowest BCUT2D eigenvalue weighted by molar-refractivity contribution is 0.102. The Morgan fingerprint density at radius 3 is 2.21 bits per heavy atom. The first-order valence-corrected chi connectivity index (χ1v) is 10.8. The molecule has 0 aromatic heterocycles. The number of benzene rings is 2. The van der Waals surface area contributed by atoms with E-state index in [-0.39, 0.29) is 15.5 Å². The van der Waals surface area contributed by atoms with Crippen LogP contribution in [0.25, 0.3) is 0 Å². The van der Waals surface area contributed by atoms with Gasteiger partial charge in [-0.1, -0.05) is 25.4 Å². The summed E-state index contributed by atoms with van der Waals surface area (Å²) < 4.78 is 37.5. The second-order valence-corrected chi connectivity index (χ2v) is 8.52. The van der Waals surface area contributed by atoms with E-state index in [4.69, 9.17) is 21.1 Å². The Morgan fingerprint density at radius 1 is 1.07 bits per heavy atom. The number of aryl methyl sites for hydroxylation is 1. The number of amides is 1. The van der Waals surface area contributed by atoms with Crippen LogP contribution in [0.15, 0.2) is 35.2 Å². The normalized spacial score (nSPS) is 11.4. The molecule has 0 heterocycles. The smallest absolute Gasteiger partial charge is 0.255 e. The van der Waals surface area contributed by atoms with E-state index in [2.05, 4.69) is 5.32 Å². The van der Waals surface area contributed by atoms with Crippen LogP contribution in [-0.4, -0.2) is 45.9 Å². The summed E-state index contributed by atoms with van der Waals surface area (Å²) in [5.74, 6) is 0.546. The maximum atomic E-state index is 12.8. The minimum Gasteiger partial charge on any atom is -0.493 e. The largest absolute Gasteiger partial charge is 0.493 e. The van der Waals surface area contributed by atoms with E-state index < -0.39 is 15.9 Å². The number of sulfonamides is 1. The maximum absolute atomic E-state index is 12.8. The number of anilines is 1. The lowest BCUT2D eigenvalue weighted by atomic mass is 10.1. The quantitative estimate of drug-likeness (QED) is 0.671. The van der Waals surface area contributed by atoms with Gasteiger partial charge in [-0.05, 0) is 36.8 Å². The van der Waals surface area contributed by atoms with Gasteiger partial charge >= 0.3 is 0 Å². The second kappa shape index (κ2) is 9.47. The highest BCUT2D eigenvalue weighted by Crippen LogP contribution is 2.33. The number of nitrogens with zero attached hydrogens (tertiary/aromatic N) is 1. The highest BCUT2D eigenvalue weighted by atomic mass is 35.5. The summed E-state index contributed by atoms with van der Waals surface area (Å²) in [6, 6.07) is 7.58. The molecular formula is C20H25ClN2O5S. The van der Waals surface area contributed by atoms with E-state index in [0.29, 0.717) is 30.3 Å². The van der Waals surface area contributed by atoms with Crippen LogP contribution in [0.4, 0.5) is 5.69 Å². The number of methoxy groups -OCH3 is 2. The van der Waals surface area contributed by atoms with E-state index in [9.17, 15) is 13.2 Å². The van der Waals surface area contributed by atoms with Gasteiger partial charge in [-0.15, -0.1) is 0 Å². The minimum atomic E-state index is -3.80. The fraction of sp³-hybridized carbons (Fsp3) is 0.350. The number of halogens is 1. The van der Waals surface area contributed by atoms with Crippen molar-refractivity contribution < 1.29 is 22.7 Å². The molecule has 158 valence electrons. The molecule has 0 aliphatic carbocycles. The molecule has 0 radical (unpaired) electrons. The molecule has 0 atom stereocenters. The molecule has 9 heteroatoms. The lowest BCUT2D eigenvalue weighted by Gasteiger charge is -2.19. The van der Waals surface area contributed by atoms with Gasteiger partial charge in [0.05, 0.1) is 19.2 Å². The predicted octanol–water partition coefficient (Wildman–Crippen LogP) is 3.95. The van der Waals surface area contributed by atoms with Crippen LogP contribution in [-0.2, 0) is 10.0 Å². The first kappa shape index (κ1) is 23.0. The third-order valence-corrected chi connectivity index (χ3v) is 7.03. The Kier molecular flexibility index (Phi) is 7.51. The number of carbonyl (C=O) groups excluding carboxylic acids is 1. The van der Waals surface area contributed by atoms with Gasteiger partial charge in [0.25, 0.3) is 5.91 Å². The van der Waals surface area contributed by atoms with Crippen molar-refractivity contribution >= 4 is 33.2 Å². The standard InChI is InChI=1S/C20H25ClN2O5S/c1-6-23(7-2)29(25,26)19-11-14(8-9-15(19)21)20(24)22-16-12-18(28-5)17(27-4)10-13(16)3/h8-12H,6-7H2,1-5H3,(H,22,24). The van der Waals surface area contributed by atoms with Crippen molar-refractivity contribution in [3.8, 4) is 11.5 Å². The Hall–Kier alpha value is -2.29. The number of nitrogens with one attached hydrogen (secondary N) is 1. The molecule has 0 unspecified atom stereocenters. The van der Waals surface area contributed by atoms with Gasteiger partial charge in [0.15, 0.2) is 11.5 Å². The zero-order valence-corrected chi connectivity index (χ0v) is 18.6. The Labute approximate surface area is 176 Å². The molecule has 0 fully saturated rings. The highest BCUT2D eigenvalue weighted by molar-refractivity contribution is 7.89. The second-order valence-electron chi connectivity index (χ2n) is 6.21. The molecule has 2 aromatic rings. The summed E-state index contributed by atoms with van der Waals surface area (Å²) in [7, 11) is -0.773. The molecule has 2 rings (SSSR count). The fourth-order valence-corrected chi connectivity index (χ4v) is 4.81. The zero-order chi connectivity index (χ0) is 21.8. The van der Waals surface area contributed by atoms with Crippen LogP contribution in [0.1, 0.15) is 29.8 Å². The van der Waals surface area contributed by atoms with Gasteiger partial charge in [0.1, 0.15) is 4.90 Å². The van der Waals surface area contributed by atoms with Crippen molar-refractivity contribution in [3.63, 3.8) is 0 Å². The monoisotopic (exact) mass is 440 g/mol. The molecular weight excluding hydrogens is 416 g/mol. The molecule has 0 spiro atoms. The van der Waals surface area contributed by atoms with Crippen molar-refractivity contribution in [2.75, 3.05) is 32.6 Å². The van der Waals surface area contributed by atoms with E-state index in [1.807, 2.05) is 6.92 Å². The first-order chi connectivity index (χ1) is 13.7. The Morgan fingerprint density at radius 2 is 1.66 bits per heavy atom. The molecule has 0 saturated carbocycles. The lowest BCUT2D eigenvalue weighted by Crippen LogP contribution is -2.31. The topological polar surface area (TPSA) is 84.9 Å². The third kappa shape index (κ3) is 4.83. The molecule has 0 aliphatic rings. The third-order valence-electron chi connectivity index (χ3n) is 4.50. The molecule has 1 amide bonds. The van der Waals surface area contributed by atoms with Gasteiger partial charge in [-0.2, -0.15) is 4.31 Å². The molecule has 0 saturated heterocycles. The molecule has 7 nitrogen and oxygen atoms in total. The number of ether oxygens (including phenoxy) is 2. The fourth-order valence-electron chi connectivity index (χ4n) is 2.85. The van der Waals surface area contributed by atoms with Crippen molar-refractivity contribution in [2.24, 2.45) is 0 Å². The zero-order valence-electron chi connectivity index (χ0n) is 17.1. The van der Waals surface area contributed by atoms with Crippen LogP contribution < -0.4 is 14.8 Å². The summed E-state index contributed by atoms with van der Waals surface area (Å²) in [6.07, 6.45) is 0. The number of hydrogen-bond donors (Lipinski definition) is 1. The Balaban J connectivity index is 2.41. The summed E-state index contributed by atoms with van der Waals surface area (Å²) in [4.78, 5) is 12.7. The molecule has 0 aliphatic heterocycles. The van der Waals surface area contributed by atoms with Gasteiger partial charge in [0.2, 0.25) is 10.0 Å². The number of hydrogen-bond acceptors (Lipinski definition) is 5. The number of carbonyl (C=O) groups is 1. The average Bonchev–Trinajstić information content (AvgIpc) is 2.69. The molecule has 29 heavy (non-hydrogen) atoms. The van der Waals surface area contributed by atoms with Crippen molar-refractivity contribution in [1.82, 2.24) is 4.31 Å². The first-order valence-electron chi connectivity index (χ1n) is 9.03. The summed E-state index contributed by atoms with van der Waals surface area (Å²) >= 11 is 6.13. The molecule has 2 aromatic carbocycles. The predicted molar refractivity (Wildman–Crippen MR) is 114 cm³/mol. The van der Waals surface area contributed by atoms with Gasteiger partial charge in [-0.25, -0.2) is 8.42 Å². The molecule has 0 bridgehead atoms. The number of rotatable bonds is 8. The summed E-state index contributed by atoms with van der Waals surface area (Å²) in [6.45, 7) is 5.90. The Bertz CT molecular complexity index is 1000. The van der Waals surface area contributed by atoms with Crippen LogP contribution in [0, 0.1) is 6.92 Å². The van der Waals surface area contributed by atoms with Gasteiger partial charge < -0.3 is 14.8 Å². The SMILES string of the molecule is CCN(CC)S(=O)(=O)c1cc(C(=O)Nc2cc(OC)c(OC)cc2C)ccc1Cl. The van der Waals surface area contributed by atoms with Gasteiger partial charge in [0, 0.05) is 30.4 Å². The maximum Gasteiger partial charge on any atom is 0.255 e. The van der Waals surface area contributed by atoms with Crippen molar-refractivity contribution in [1.29, 1.82) is 0 Å². The van der Waals surface area contributed by atoms with Crippen LogP contribution in [0.2, 0.25) is 5.02 Å². The van der Waals surface area contributed by atoms with Crippen molar-refractivity contribution in [2.45, 2.75) is 25.7 Å². The van der Waals surface area contributed by atoms with E-state index >= 15 is 0 Å². The summed E-state index contributed by atoms with van der Waals surface area (Å²) in [5, 5.41) is 2.85. The van der Waals surface area contributed by atoms with Crippen LogP contribution in [0.3, 0.4) is 0 Å². The van der Waals surface area contributed by atoms with Gasteiger partial charge in [-0.3, -0.25) is 4.79 Å². The van der Waals surface area contributed by atoms with Crippen LogP contribution in [0.5, 0.6) is 11.5 Å². The van der Waals surface area contributed by atoms with Crippen LogP contribution >= 0.6 is 11.6 Å². The molecule has 1 N–H and O–H groups in total. The van der Waals surface area contributed by atoms with E-state index in [0.717, 1.165) is 5.56 Å². The highest BCUT2D eigenvalue weighted by Gasteiger charge is 2.25. The summed E-state index contributed by atoms with van der Waals surface area (Å²) in [5.41, 5.74) is 1.46. The van der Waals surface area contributed by atoms with E-state index in [1.165, 1.54) is 36.7 Å². The van der Waals surface area contributed by atoms with E-state index in [1.54, 1.807) is 26.0 Å².